The highest BCUT2D eigenvalue weighted by molar-refractivity contribution is 7.99. The summed E-state index contributed by atoms with van der Waals surface area (Å²) in [5, 5.41) is 9.57. The second-order valence-electron chi connectivity index (χ2n) is 5.57. The van der Waals surface area contributed by atoms with E-state index in [1.165, 1.54) is 10.5 Å². The molecule has 1 aromatic carbocycles. The highest BCUT2D eigenvalue weighted by Gasteiger charge is 2.47. The first-order valence-corrected chi connectivity index (χ1v) is 7.83. The Morgan fingerprint density at radius 1 is 1.47 bits per heavy atom. The Morgan fingerprint density at radius 2 is 2.26 bits per heavy atom. The van der Waals surface area contributed by atoms with Crippen LogP contribution in [-0.2, 0) is 4.79 Å². The molecule has 0 saturated carbocycles. The van der Waals surface area contributed by atoms with Crippen molar-refractivity contribution in [2.75, 3.05) is 12.3 Å². The molecule has 2 unspecified atom stereocenters. The molecular weight excluding hydrogens is 258 g/mol. The van der Waals surface area contributed by atoms with Crippen molar-refractivity contribution in [1.29, 1.82) is 0 Å². The van der Waals surface area contributed by atoms with Crippen LogP contribution >= 0.6 is 11.8 Å². The minimum atomic E-state index is -0.695. The molecule has 19 heavy (non-hydrogen) atoms. The van der Waals surface area contributed by atoms with Gasteiger partial charge in [-0.3, -0.25) is 9.69 Å². The number of carbonyl (C=O) groups is 1. The van der Waals surface area contributed by atoms with Crippen molar-refractivity contribution in [3.63, 3.8) is 0 Å². The van der Waals surface area contributed by atoms with Gasteiger partial charge in [-0.25, -0.2) is 0 Å². The second kappa shape index (κ2) is 4.84. The smallest absolute Gasteiger partial charge is 0.323 e. The average Bonchev–Trinajstić information content (AvgIpc) is 2.81. The third kappa shape index (κ3) is 2.07. The van der Waals surface area contributed by atoms with Crippen molar-refractivity contribution in [2.45, 2.75) is 42.7 Å². The van der Waals surface area contributed by atoms with Gasteiger partial charge in [-0.15, -0.1) is 11.8 Å². The number of hydrogen-bond acceptors (Lipinski definition) is 3. The summed E-state index contributed by atoms with van der Waals surface area (Å²) in [7, 11) is 0. The van der Waals surface area contributed by atoms with Crippen LogP contribution in [0.1, 0.15) is 37.8 Å². The summed E-state index contributed by atoms with van der Waals surface area (Å²) in [6.07, 6.45) is 2.79. The number of hydrogen-bond donors (Lipinski definition) is 1. The van der Waals surface area contributed by atoms with E-state index in [9.17, 15) is 9.90 Å². The lowest BCUT2D eigenvalue weighted by atomic mass is 9.94. The molecule has 0 aromatic heterocycles. The number of thioether (sulfide) groups is 1. The van der Waals surface area contributed by atoms with Crippen LogP contribution in [0.3, 0.4) is 0 Å². The Labute approximate surface area is 118 Å². The van der Waals surface area contributed by atoms with Gasteiger partial charge in [-0.05, 0) is 50.1 Å². The number of carboxylic acids is 1. The van der Waals surface area contributed by atoms with Gasteiger partial charge in [0.1, 0.15) is 5.54 Å². The van der Waals surface area contributed by atoms with E-state index in [4.69, 9.17) is 0 Å². The van der Waals surface area contributed by atoms with E-state index >= 15 is 0 Å². The summed E-state index contributed by atoms with van der Waals surface area (Å²) in [4.78, 5) is 15.2. The molecule has 0 spiro atoms. The molecule has 1 aromatic rings. The van der Waals surface area contributed by atoms with Crippen LogP contribution in [0, 0.1) is 0 Å². The Balaban J connectivity index is 1.97. The van der Waals surface area contributed by atoms with Crippen LogP contribution < -0.4 is 0 Å². The molecule has 2 aliphatic rings. The lowest BCUT2D eigenvalue weighted by Gasteiger charge is -2.40. The highest BCUT2D eigenvalue weighted by Crippen LogP contribution is 2.44. The van der Waals surface area contributed by atoms with E-state index in [1.54, 1.807) is 0 Å². The summed E-state index contributed by atoms with van der Waals surface area (Å²) in [6.45, 7) is 2.78. The molecule has 0 bridgehead atoms. The fraction of sp³-hybridized carbons (Fsp3) is 0.533. The Morgan fingerprint density at radius 3 is 3.05 bits per heavy atom. The first kappa shape index (κ1) is 13.0. The topological polar surface area (TPSA) is 40.5 Å². The van der Waals surface area contributed by atoms with Gasteiger partial charge in [-0.2, -0.15) is 0 Å². The van der Waals surface area contributed by atoms with Crippen LogP contribution in [0.5, 0.6) is 0 Å². The van der Waals surface area contributed by atoms with Crippen LogP contribution in [0.25, 0.3) is 0 Å². The molecule has 1 fully saturated rings. The number of fused-ring (bicyclic) bond motifs is 1. The molecule has 2 heterocycles. The molecule has 3 rings (SSSR count). The maximum Gasteiger partial charge on any atom is 0.323 e. The summed E-state index contributed by atoms with van der Waals surface area (Å²) in [5.41, 5.74) is 0.618. The monoisotopic (exact) mass is 277 g/mol. The highest BCUT2D eigenvalue weighted by atomic mass is 32.2. The zero-order chi connectivity index (χ0) is 13.5. The molecule has 2 aliphatic heterocycles. The average molecular weight is 277 g/mol. The quantitative estimate of drug-likeness (QED) is 0.901. The number of aliphatic carboxylic acids is 1. The first-order valence-electron chi connectivity index (χ1n) is 6.85. The molecule has 3 nitrogen and oxygen atoms in total. The van der Waals surface area contributed by atoms with Gasteiger partial charge in [-0.1, -0.05) is 18.2 Å². The fourth-order valence-corrected chi connectivity index (χ4v) is 4.47. The summed E-state index contributed by atoms with van der Waals surface area (Å²) >= 11 is 1.89. The van der Waals surface area contributed by atoms with Crippen molar-refractivity contribution in [3.8, 4) is 0 Å². The largest absolute Gasteiger partial charge is 0.480 e. The lowest BCUT2D eigenvalue weighted by molar-refractivity contribution is -0.150. The number of carboxylic acid groups (broad SMARTS) is 1. The molecule has 0 radical (unpaired) electrons. The van der Waals surface area contributed by atoms with Gasteiger partial charge in [0.05, 0.1) is 0 Å². The van der Waals surface area contributed by atoms with Gasteiger partial charge in [0.25, 0.3) is 0 Å². The number of benzene rings is 1. The van der Waals surface area contributed by atoms with E-state index in [2.05, 4.69) is 29.2 Å². The minimum absolute atomic E-state index is 0.265. The van der Waals surface area contributed by atoms with Crippen LogP contribution in [0.4, 0.5) is 0 Å². The van der Waals surface area contributed by atoms with Gasteiger partial charge in [0.15, 0.2) is 0 Å². The zero-order valence-corrected chi connectivity index (χ0v) is 11.9. The first-order chi connectivity index (χ1) is 9.13. The normalized spacial score (nSPS) is 31.1. The van der Waals surface area contributed by atoms with Gasteiger partial charge in [0, 0.05) is 10.9 Å². The van der Waals surface area contributed by atoms with Crippen molar-refractivity contribution >= 4 is 17.7 Å². The molecule has 1 saturated heterocycles. The minimum Gasteiger partial charge on any atom is -0.480 e. The van der Waals surface area contributed by atoms with Crippen molar-refractivity contribution in [1.82, 2.24) is 4.90 Å². The number of nitrogens with zero attached hydrogens (tertiary/aromatic N) is 1. The predicted molar refractivity (Wildman–Crippen MR) is 76.5 cm³/mol. The summed E-state index contributed by atoms with van der Waals surface area (Å²) in [6, 6.07) is 8.70. The molecule has 0 aliphatic carbocycles. The third-order valence-corrected chi connectivity index (χ3v) is 5.58. The predicted octanol–water partition coefficient (Wildman–Crippen LogP) is 3.16. The van der Waals surface area contributed by atoms with Crippen LogP contribution in [0.2, 0.25) is 0 Å². The number of likely N-dealkylation sites (tertiary alicyclic amines) is 1. The van der Waals surface area contributed by atoms with Gasteiger partial charge < -0.3 is 5.11 Å². The molecule has 0 amide bonds. The van der Waals surface area contributed by atoms with E-state index in [0.717, 1.165) is 31.6 Å². The van der Waals surface area contributed by atoms with E-state index in [0.29, 0.717) is 0 Å². The van der Waals surface area contributed by atoms with Crippen molar-refractivity contribution in [3.05, 3.63) is 29.8 Å². The standard InChI is InChI=1S/C15H19NO2S/c1-15(14(17)18)8-4-9-16(15)12-7-10-19-13-6-3-2-5-11(12)13/h2-3,5-6,12H,4,7-10H2,1H3,(H,17,18). The maximum atomic E-state index is 11.6. The van der Waals surface area contributed by atoms with E-state index in [1.807, 2.05) is 18.7 Å². The fourth-order valence-electron chi connectivity index (χ4n) is 3.36. The van der Waals surface area contributed by atoms with Crippen molar-refractivity contribution in [2.24, 2.45) is 0 Å². The second-order valence-corrected chi connectivity index (χ2v) is 6.70. The molecule has 4 heteroatoms. The maximum absolute atomic E-state index is 11.6. The van der Waals surface area contributed by atoms with Crippen molar-refractivity contribution < 1.29 is 9.90 Å². The van der Waals surface area contributed by atoms with E-state index < -0.39 is 11.5 Å². The summed E-state index contributed by atoms with van der Waals surface area (Å²) in [5.74, 6) is 0.397. The Kier molecular flexibility index (Phi) is 3.31. The van der Waals surface area contributed by atoms with Crippen LogP contribution in [-0.4, -0.2) is 33.8 Å². The van der Waals surface area contributed by atoms with Gasteiger partial charge >= 0.3 is 5.97 Å². The SMILES string of the molecule is CC1(C(=O)O)CCCN1C1CCSc2ccccc21. The number of rotatable bonds is 2. The van der Waals surface area contributed by atoms with Crippen LogP contribution in [0.15, 0.2) is 29.2 Å². The van der Waals surface area contributed by atoms with E-state index in [-0.39, 0.29) is 6.04 Å². The Hall–Kier alpha value is -1.00. The molecule has 102 valence electrons. The molecule has 1 N–H and O–H groups in total. The lowest BCUT2D eigenvalue weighted by Crippen LogP contribution is -2.50. The molecule has 2 atom stereocenters. The van der Waals surface area contributed by atoms with Gasteiger partial charge in [0.2, 0.25) is 0 Å². The Bertz CT molecular complexity index is 505. The zero-order valence-electron chi connectivity index (χ0n) is 11.1. The molecular formula is C15H19NO2S. The third-order valence-electron chi connectivity index (χ3n) is 4.46. The summed E-state index contributed by atoms with van der Waals surface area (Å²) < 4.78 is 0.